The zero-order valence-corrected chi connectivity index (χ0v) is 19.7. The van der Waals surface area contributed by atoms with Crippen LogP contribution in [0, 0.1) is 0 Å². The van der Waals surface area contributed by atoms with Gasteiger partial charge in [0.2, 0.25) is 0 Å². The Balaban J connectivity index is 3.88. The lowest BCUT2D eigenvalue weighted by molar-refractivity contribution is -0.160. The maximum Gasteiger partial charge on any atom is 0.327 e. The Kier molecular flexibility index (Phi) is 21.9. The molecule has 176 valence electrons. The number of carbonyl (C=O) groups excluding carboxylic acids is 2. The zero-order valence-electron chi connectivity index (χ0n) is 18.8. The van der Waals surface area contributed by atoms with Crippen LogP contribution in [-0.4, -0.2) is 37.8 Å². The van der Waals surface area contributed by atoms with Crippen molar-refractivity contribution >= 4 is 20.6 Å². The largest absolute Gasteiger partial charge is 0.462 e. The van der Waals surface area contributed by atoms with E-state index in [-0.39, 0.29) is 25.2 Å². The van der Waals surface area contributed by atoms with E-state index >= 15 is 0 Å². The minimum Gasteiger partial charge on any atom is -0.462 e. The Morgan fingerprint density at radius 2 is 1.30 bits per heavy atom. The highest BCUT2D eigenvalue weighted by molar-refractivity contribution is 7.17. The van der Waals surface area contributed by atoms with E-state index in [4.69, 9.17) is 19.7 Å². The van der Waals surface area contributed by atoms with Crippen molar-refractivity contribution in [3.8, 4) is 0 Å². The molecular weight excluding hydrogens is 405 g/mol. The second-order valence-corrected chi connectivity index (χ2v) is 8.10. The highest BCUT2D eigenvalue weighted by Crippen LogP contribution is 2.11. The Morgan fingerprint density at radius 3 is 1.87 bits per heavy atom. The van der Waals surface area contributed by atoms with Crippen molar-refractivity contribution in [1.29, 1.82) is 0 Å². The van der Waals surface area contributed by atoms with Gasteiger partial charge in [0, 0.05) is 12.8 Å². The van der Waals surface area contributed by atoms with Crippen LogP contribution in [-0.2, 0) is 28.2 Å². The third kappa shape index (κ3) is 20.2. The number of rotatable bonds is 22. The third-order valence-corrected chi connectivity index (χ3v) is 5.12. The average Bonchev–Trinajstić information content (AvgIpc) is 2.74. The van der Waals surface area contributed by atoms with Gasteiger partial charge in [-0.05, 0) is 25.8 Å². The molecule has 0 aliphatic rings. The number of hydrogen-bond donors (Lipinski definition) is 1. The molecule has 7 nitrogen and oxygen atoms in total. The normalized spacial score (nSPS) is 12.1. The second-order valence-electron chi connectivity index (χ2n) is 7.70. The van der Waals surface area contributed by atoms with E-state index < -0.39 is 14.8 Å². The van der Waals surface area contributed by atoms with Crippen LogP contribution in [0.5, 0.6) is 0 Å². The minimum absolute atomic E-state index is 0.0654. The summed E-state index contributed by atoms with van der Waals surface area (Å²) in [5.41, 5.74) is 5.47. The average molecular weight is 448 g/mol. The van der Waals surface area contributed by atoms with Gasteiger partial charge in [0.1, 0.15) is 13.2 Å². The lowest BCUT2D eigenvalue weighted by atomic mass is 10.1. The van der Waals surface area contributed by atoms with E-state index in [1.54, 1.807) is 0 Å². The number of esters is 2. The fraction of sp³-hybridized carbons (Fsp3) is 0.909. The summed E-state index contributed by atoms with van der Waals surface area (Å²) in [7, 11) is -0.492. The third-order valence-electron chi connectivity index (χ3n) is 4.86. The molecule has 1 atom stereocenters. The van der Waals surface area contributed by atoms with Crippen molar-refractivity contribution in [3.63, 3.8) is 0 Å². The van der Waals surface area contributed by atoms with E-state index in [0.29, 0.717) is 12.8 Å². The standard InChI is InChI=1S/C22H42NO6P/c1-2-3-4-9-13-16-22(25)29-20(19-28-30-26)18-27-21(24)15-12-10-7-5-6-8-11-14-17-23/h20H,2-19,23H2,1H3/t20-/m1/s1. The van der Waals surface area contributed by atoms with E-state index in [9.17, 15) is 14.2 Å². The number of nitrogens with two attached hydrogens (primary N) is 1. The Hall–Kier alpha value is -1.04. The molecule has 0 aromatic rings. The second kappa shape index (κ2) is 22.6. The Morgan fingerprint density at radius 1 is 0.767 bits per heavy atom. The van der Waals surface area contributed by atoms with Crippen LogP contribution in [0.1, 0.15) is 103 Å². The van der Waals surface area contributed by atoms with Gasteiger partial charge < -0.3 is 15.2 Å². The van der Waals surface area contributed by atoms with Crippen molar-refractivity contribution in [1.82, 2.24) is 0 Å². The number of ether oxygens (including phenoxy) is 2. The molecule has 0 heterocycles. The van der Waals surface area contributed by atoms with Crippen LogP contribution in [0.2, 0.25) is 0 Å². The van der Waals surface area contributed by atoms with Crippen LogP contribution in [0.3, 0.4) is 0 Å². The number of unbranched alkanes of at least 4 members (excludes halogenated alkanes) is 11. The van der Waals surface area contributed by atoms with Crippen molar-refractivity contribution < 1.29 is 28.2 Å². The molecule has 0 aromatic heterocycles. The fourth-order valence-corrected chi connectivity index (χ4v) is 3.31. The molecule has 30 heavy (non-hydrogen) atoms. The summed E-state index contributed by atoms with van der Waals surface area (Å²) in [6, 6.07) is 0. The Bertz CT molecular complexity index is 436. The SMILES string of the molecule is CCCCCCCC(=O)O[C@@H](COP=O)COC(=O)CCCCCCCCCCN. The van der Waals surface area contributed by atoms with Gasteiger partial charge in [0.05, 0.1) is 0 Å². The van der Waals surface area contributed by atoms with Crippen LogP contribution < -0.4 is 5.73 Å². The van der Waals surface area contributed by atoms with Crippen molar-refractivity contribution in [2.45, 2.75) is 109 Å². The number of carbonyl (C=O) groups is 2. The molecule has 0 unspecified atom stereocenters. The molecule has 0 radical (unpaired) electrons. The fourth-order valence-electron chi connectivity index (χ4n) is 3.08. The van der Waals surface area contributed by atoms with E-state index in [1.807, 2.05) is 0 Å². The molecule has 8 heteroatoms. The van der Waals surface area contributed by atoms with E-state index in [2.05, 4.69) is 6.92 Å². The molecule has 0 saturated heterocycles. The van der Waals surface area contributed by atoms with Gasteiger partial charge in [-0.3, -0.25) is 14.1 Å². The lowest BCUT2D eigenvalue weighted by Crippen LogP contribution is -2.28. The van der Waals surface area contributed by atoms with Gasteiger partial charge in [-0.2, -0.15) is 0 Å². The first-order valence-electron chi connectivity index (χ1n) is 11.6. The quantitative estimate of drug-likeness (QED) is 0.133. The van der Waals surface area contributed by atoms with Crippen LogP contribution >= 0.6 is 8.69 Å². The summed E-state index contributed by atoms with van der Waals surface area (Å²) < 4.78 is 25.8. The van der Waals surface area contributed by atoms with Gasteiger partial charge >= 0.3 is 20.6 Å². The molecule has 0 amide bonds. The van der Waals surface area contributed by atoms with E-state index in [0.717, 1.165) is 57.9 Å². The van der Waals surface area contributed by atoms with Crippen LogP contribution in [0.15, 0.2) is 0 Å². The van der Waals surface area contributed by atoms with Crippen molar-refractivity contribution in [2.75, 3.05) is 19.8 Å². The summed E-state index contributed by atoms with van der Waals surface area (Å²) in [6.45, 7) is 2.77. The summed E-state index contributed by atoms with van der Waals surface area (Å²) in [5.74, 6) is -0.650. The predicted molar refractivity (Wildman–Crippen MR) is 118 cm³/mol. The predicted octanol–water partition coefficient (Wildman–Crippen LogP) is 5.49. The minimum atomic E-state index is -0.730. The maximum atomic E-state index is 11.9. The molecule has 0 bridgehead atoms. The van der Waals surface area contributed by atoms with Gasteiger partial charge in [-0.15, -0.1) is 0 Å². The first kappa shape index (κ1) is 29.0. The summed E-state index contributed by atoms with van der Waals surface area (Å²) in [5, 5.41) is 0. The van der Waals surface area contributed by atoms with E-state index in [1.165, 1.54) is 32.1 Å². The van der Waals surface area contributed by atoms with Crippen LogP contribution in [0.25, 0.3) is 0 Å². The first-order valence-corrected chi connectivity index (χ1v) is 12.4. The molecule has 0 aliphatic carbocycles. The maximum absolute atomic E-state index is 11.9. The molecule has 0 rings (SSSR count). The van der Waals surface area contributed by atoms with Gasteiger partial charge in [-0.1, -0.05) is 71.1 Å². The Labute approximate surface area is 184 Å². The molecule has 2 N–H and O–H groups in total. The molecule has 0 aliphatic heterocycles. The number of hydrogen-bond acceptors (Lipinski definition) is 7. The van der Waals surface area contributed by atoms with Gasteiger partial charge in [-0.25, -0.2) is 4.57 Å². The van der Waals surface area contributed by atoms with Gasteiger partial charge in [0.25, 0.3) is 0 Å². The molecule has 0 fully saturated rings. The summed E-state index contributed by atoms with van der Waals surface area (Å²) >= 11 is 0. The topological polar surface area (TPSA) is 105 Å². The zero-order chi connectivity index (χ0) is 22.3. The highest BCUT2D eigenvalue weighted by Gasteiger charge is 2.17. The summed E-state index contributed by atoms with van der Waals surface area (Å²) in [4.78, 5) is 23.9. The smallest absolute Gasteiger partial charge is 0.327 e. The molecule has 0 aromatic carbocycles. The van der Waals surface area contributed by atoms with Gasteiger partial charge in [0.15, 0.2) is 6.10 Å². The monoisotopic (exact) mass is 447 g/mol. The molecular formula is C22H42NO6P. The van der Waals surface area contributed by atoms with Crippen LogP contribution in [0.4, 0.5) is 0 Å². The van der Waals surface area contributed by atoms with Crippen molar-refractivity contribution in [2.24, 2.45) is 5.73 Å². The molecule has 0 spiro atoms. The summed E-state index contributed by atoms with van der Waals surface area (Å²) in [6.07, 6.45) is 14.0. The van der Waals surface area contributed by atoms with Crippen molar-refractivity contribution in [3.05, 3.63) is 0 Å². The highest BCUT2D eigenvalue weighted by atomic mass is 31.1. The first-order chi connectivity index (χ1) is 14.6. The molecule has 0 saturated carbocycles. The lowest BCUT2D eigenvalue weighted by Gasteiger charge is -2.16.